The highest BCUT2D eigenvalue weighted by Gasteiger charge is 2.40. The van der Waals surface area contributed by atoms with Crippen LogP contribution in [0.3, 0.4) is 0 Å². The van der Waals surface area contributed by atoms with E-state index >= 15 is 0 Å². The Kier molecular flexibility index (Phi) is 4.63. The van der Waals surface area contributed by atoms with Crippen LogP contribution in [0.2, 0.25) is 0 Å². The molecule has 3 rings (SSSR count). The summed E-state index contributed by atoms with van der Waals surface area (Å²) in [6.45, 7) is 11.8. The third-order valence-corrected chi connectivity index (χ3v) is 4.02. The molecule has 0 fully saturated rings. The lowest BCUT2D eigenvalue weighted by atomic mass is 10.1. The normalized spacial score (nSPS) is 15.5. The minimum absolute atomic E-state index is 0.195. The van der Waals surface area contributed by atoms with Gasteiger partial charge in [-0.15, -0.1) is 5.10 Å². The maximum atomic E-state index is 12.9. The first kappa shape index (κ1) is 18.8. The first-order chi connectivity index (χ1) is 12.6. The fourth-order valence-electron chi connectivity index (χ4n) is 2.64. The van der Waals surface area contributed by atoms with Crippen molar-refractivity contribution in [3.05, 3.63) is 48.3 Å². The van der Waals surface area contributed by atoms with E-state index in [2.05, 4.69) is 15.5 Å². The van der Waals surface area contributed by atoms with Crippen LogP contribution in [0.15, 0.2) is 47.7 Å². The number of nitrogens with one attached hydrogen (secondary N) is 1. The zero-order chi connectivity index (χ0) is 19.8. The predicted molar refractivity (Wildman–Crippen MR) is 106 cm³/mol. The van der Waals surface area contributed by atoms with Crippen molar-refractivity contribution in [2.75, 3.05) is 0 Å². The Hall–Kier alpha value is -2.96. The molecule has 0 aliphatic carbocycles. The zero-order valence-corrected chi connectivity index (χ0v) is 16.7. The van der Waals surface area contributed by atoms with Gasteiger partial charge in [-0.3, -0.25) is 10.4 Å². The van der Waals surface area contributed by atoms with Crippen LogP contribution < -0.4 is 5.43 Å². The van der Waals surface area contributed by atoms with Crippen molar-refractivity contribution in [2.24, 2.45) is 5.10 Å². The van der Waals surface area contributed by atoms with Crippen molar-refractivity contribution in [1.82, 2.24) is 25.4 Å². The van der Waals surface area contributed by atoms with Gasteiger partial charge in [-0.05, 0) is 65.8 Å². The minimum atomic E-state index is -0.466. The number of carbonyl (C=O) groups excluding carboxylic acids is 1. The lowest BCUT2D eigenvalue weighted by Gasteiger charge is -2.45. The number of aromatic nitrogens is 2. The van der Waals surface area contributed by atoms with E-state index in [1.54, 1.807) is 11.2 Å². The molecule has 7 nitrogen and oxygen atoms in total. The van der Waals surface area contributed by atoms with Gasteiger partial charge in [0.05, 0.1) is 22.5 Å². The Labute approximate surface area is 160 Å². The van der Waals surface area contributed by atoms with Gasteiger partial charge in [-0.1, -0.05) is 12.1 Å². The predicted octanol–water partition coefficient (Wildman–Crippen LogP) is 3.64. The molecule has 0 aromatic carbocycles. The number of nitrogens with zero attached hydrogens (tertiary/aromatic N) is 5. The average Bonchev–Trinajstić information content (AvgIpc) is 2.61. The lowest BCUT2D eigenvalue weighted by molar-refractivity contribution is 0.0534. The molecule has 0 spiro atoms. The van der Waals surface area contributed by atoms with Crippen LogP contribution in [0.4, 0.5) is 4.79 Å². The van der Waals surface area contributed by atoms with Crippen LogP contribution in [-0.2, 0) is 0 Å². The number of hydrogen-bond donors (Lipinski definition) is 1. The number of hydrogen-bond acceptors (Lipinski definition) is 5. The minimum Gasteiger partial charge on any atom is -0.274 e. The smallest absolute Gasteiger partial charge is 0.274 e. The van der Waals surface area contributed by atoms with Crippen molar-refractivity contribution in [1.29, 1.82) is 0 Å². The van der Waals surface area contributed by atoms with E-state index in [9.17, 15) is 4.79 Å². The molecule has 3 heterocycles. The molecule has 1 aliphatic heterocycles. The van der Waals surface area contributed by atoms with E-state index in [0.29, 0.717) is 11.5 Å². The third-order valence-electron chi connectivity index (χ3n) is 4.02. The molecule has 7 heteroatoms. The second-order valence-corrected chi connectivity index (χ2v) is 8.45. The Morgan fingerprint density at radius 2 is 1.52 bits per heavy atom. The standard InChI is InChI=1S/C20H26N6O/c1-19(2,3)25-18(27)26(20(4,5)6)24-17(23-25)16-12-9-11-15(22-16)14-10-7-8-13-21-14/h7-13H,1-6H3,(H,23,24). The first-order valence-corrected chi connectivity index (χ1v) is 8.96. The van der Waals surface area contributed by atoms with Gasteiger partial charge in [-0.25, -0.2) is 19.8 Å². The Bertz CT molecular complexity index is 864. The molecule has 0 radical (unpaired) electrons. The Morgan fingerprint density at radius 3 is 2.11 bits per heavy atom. The molecule has 2 amide bonds. The summed E-state index contributed by atoms with van der Waals surface area (Å²) in [6, 6.07) is 11.2. The SMILES string of the molecule is CC(C)(C)N1N=C(c2cccc(-c3ccccn3)n2)NN(C(C)(C)C)C1=O. The fraction of sp³-hybridized carbons (Fsp3) is 0.400. The van der Waals surface area contributed by atoms with Crippen molar-refractivity contribution < 1.29 is 4.79 Å². The number of hydrazine groups is 1. The quantitative estimate of drug-likeness (QED) is 0.880. The monoisotopic (exact) mass is 366 g/mol. The van der Waals surface area contributed by atoms with Crippen LogP contribution in [-0.4, -0.2) is 42.9 Å². The lowest BCUT2D eigenvalue weighted by Crippen LogP contribution is -2.65. The Morgan fingerprint density at radius 1 is 0.852 bits per heavy atom. The molecule has 1 N–H and O–H groups in total. The third kappa shape index (κ3) is 3.92. The van der Waals surface area contributed by atoms with Crippen molar-refractivity contribution in [3.63, 3.8) is 0 Å². The number of urea groups is 1. The molecule has 142 valence electrons. The van der Waals surface area contributed by atoms with Gasteiger partial charge >= 0.3 is 6.03 Å². The summed E-state index contributed by atoms with van der Waals surface area (Å²) in [5.74, 6) is 0.525. The van der Waals surface area contributed by atoms with E-state index in [1.165, 1.54) is 5.01 Å². The fourth-order valence-corrected chi connectivity index (χ4v) is 2.64. The summed E-state index contributed by atoms with van der Waals surface area (Å²) in [4.78, 5) is 22.0. The average molecular weight is 366 g/mol. The van der Waals surface area contributed by atoms with Crippen molar-refractivity contribution in [2.45, 2.75) is 52.6 Å². The van der Waals surface area contributed by atoms with Gasteiger partial charge in [0.1, 0.15) is 5.69 Å². The molecule has 27 heavy (non-hydrogen) atoms. The second-order valence-electron chi connectivity index (χ2n) is 8.45. The number of amides is 2. The summed E-state index contributed by atoms with van der Waals surface area (Å²) in [5.41, 5.74) is 4.43. The van der Waals surface area contributed by atoms with Gasteiger partial charge in [0.2, 0.25) is 0 Å². The first-order valence-electron chi connectivity index (χ1n) is 8.96. The van der Waals surface area contributed by atoms with Gasteiger partial charge < -0.3 is 0 Å². The number of carbonyl (C=O) groups is 1. The number of hydrazone groups is 1. The van der Waals surface area contributed by atoms with Gasteiger partial charge in [-0.2, -0.15) is 0 Å². The molecule has 0 atom stereocenters. The van der Waals surface area contributed by atoms with Crippen LogP contribution >= 0.6 is 0 Å². The molecule has 1 aliphatic rings. The number of amidine groups is 1. The van der Waals surface area contributed by atoms with E-state index in [-0.39, 0.29) is 6.03 Å². The van der Waals surface area contributed by atoms with Crippen molar-refractivity contribution >= 4 is 11.9 Å². The van der Waals surface area contributed by atoms with Crippen LogP contribution in [0, 0.1) is 0 Å². The van der Waals surface area contributed by atoms with Gasteiger partial charge in [0.15, 0.2) is 5.84 Å². The topological polar surface area (TPSA) is 73.7 Å². The number of rotatable bonds is 2. The zero-order valence-electron chi connectivity index (χ0n) is 16.7. The summed E-state index contributed by atoms with van der Waals surface area (Å²) in [6.07, 6.45) is 1.74. The number of pyridine rings is 2. The van der Waals surface area contributed by atoms with E-state index in [0.717, 1.165) is 11.4 Å². The largest absolute Gasteiger partial charge is 0.360 e. The summed E-state index contributed by atoms with van der Waals surface area (Å²) in [7, 11) is 0. The van der Waals surface area contributed by atoms with Crippen LogP contribution in [0.5, 0.6) is 0 Å². The molecule has 0 saturated heterocycles. The molecule has 2 aromatic heterocycles. The van der Waals surface area contributed by atoms with Crippen molar-refractivity contribution in [3.8, 4) is 11.4 Å². The molecular weight excluding hydrogens is 340 g/mol. The van der Waals surface area contributed by atoms with Crippen LogP contribution in [0.25, 0.3) is 11.4 Å². The van der Waals surface area contributed by atoms with Gasteiger partial charge in [0.25, 0.3) is 0 Å². The highest BCUT2D eigenvalue weighted by Crippen LogP contribution is 2.24. The summed E-state index contributed by atoms with van der Waals surface area (Å²) >= 11 is 0. The van der Waals surface area contributed by atoms with E-state index < -0.39 is 11.1 Å². The molecule has 0 bridgehead atoms. The molecular formula is C20H26N6O. The maximum absolute atomic E-state index is 12.9. The highest BCUT2D eigenvalue weighted by molar-refractivity contribution is 6.00. The van der Waals surface area contributed by atoms with Crippen LogP contribution in [0.1, 0.15) is 47.2 Å². The Balaban J connectivity index is 2.05. The second kappa shape index (κ2) is 6.64. The molecule has 2 aromatic rings. The highest BCUT2D eigenvalue weighted by atomic mass is 16.2. The summed E-state index contributed by atoms with van der Waals surface area (Å²) in [5, 5.41) is 7.66. The van der Waals surface area contributed by atoms with Gasteiger partial charge in [0, 0.05) is 6.20 Å². The molecule has 0 saturated carbocycles. The van der Waals surface area contributed by atoms with E-state index in [4.69, 9.17) is 4.98 Å². The van der Waals surface area contributed by atoms with E-state index in [1.807, 2.05) is 77.9 Å². The summed E-state index contributed by atoms with van der Waals surface area (Å²) < 4.78 is 0. The molecule has 0 unspecified atom stereocenters. The maximum Gasteiger partial charge on any atom is 0.360 e.